The number of carbonyl (C=O) groups excluding carboxylic acids is 1. The van der Waals surface area contributed by atoms with Gasteiger partial charge in [0.2, 0.25) is 0 Å². The molecule has 3 rings (SSSR count). The molecule has 0 radical (unpaired) electrons. The highest BCUT2D eigenvalue weighted by Crippen LogP contribution is 2.32. The van der Waals surface area contributed by atoms with Crippen LogP contribution in [0.3, 0.4) is 0 Å². The number of anilines is 1. The largest absolute Gasteiger partial charge is 0.495 e. The molecule has 0 aliphatic carbocycles. The van der Waals surface area contributed by atoms with E-state index in [1.165, 1.54) is 18.2 Å². The van der Waals surface area contributed by atoms with Crippen LogP contribution in [0.4, 0.5) is 5.82 Å². The second kappa shape index (κ2) is 10.8. The van der Waals surface area contributed by atoms with E-state index >= 15 is 0 Å². The zero-order valence-electron chi connectivity index (χ0n) is 20.4. The summed E-state index contributed by atoms with van der Waals surface area (Å²) >= 11 is 0. The summed E-state index contributed by atoms with van der Waals surface area (Å²) < 4.78 is 10.9. The average Bonchev–Trinajstić information content (AvgIpc) is 2.80. The molecule has 0 unspecified atom stereocenters. The van der Waals surface area contributed by atoms with Gasteiger partial charge in [-0.05, 0) is 75.1 Å². The lowest BCUT2D eigenvalue weighted by Crippen LogP contribution is -2.24. The van der Waals surface area contributed by atoms with E-state index in [0.717, 1.165) is 22.5 Å². The first-order valence-electron chi connectivity index (χ1n) is 11.3. The number of hydrogen-bond donors (Lipinski definition) is 1. The van der Waals surface area contributed by atoms with E-state index in [2.05, 4.69) is 41.5 Å². The molecule has 3 aromatic rings. The van der Waals surface area contributed by atoms with Gasteiger partial charge in [0.15, 0.2) is 0 Å². The van der Waals surface area contributed by atoms with Crippen molar-refractivity contribution in [3.05, 3.63) is 77.0 Å². The number of esters is 1. The summed E-state index contributed by atoms with van der Waals surface area (Å²) in [6, 6.07) is 18.1. The number of aryl methyl sites for hydroxylation is 2. The Balaban J connectivity index is 1.78. The average molecular weight is 458 g/mol. The Bertz CT molecular complexity index is 1190. The summed E-state index contributed by atoms with van der Waals surface area (Å²) in [6.07, 6.45) is 2.38. The van der Waals surface area contributed by atoms with Crippen LogP contribution in [0.1, 0.15) is 49.4 Å². The van der Waals surface area contributed by atoms with E-state index < -0.39 is 5.60 Å². The van der Waals surface area contributed by atoms with Gasteiger partial charge in [0.25, 0.3) is 0 Å². The van der Waals surface area contributed by atoms with Crippen LogP contribution in [0, 0.1) is 18.3 Å². The minimum atomic E-state index is -0.540. The number of aromatic nitrogens is 1. The van der Waals surface area contributed by atoms with E-state index in [1.807, 2.05) is 45.0 Å². The molecule has 0 aliphatic heterocycles. The molecule has 0 spiro atoms. The van der Waals surface area contributed by atoms with Gasteiger partial charge in [0, 0.05) is 24.7 Å². The van der Waals surface area contributed by atoms with Crippen molar-refractivity contribution in [2.45, 2.75) is 52.7 Å². The van der Waals surface area contributed by atoms with Gasteiger partial charge in [-0.2, -0.15) is 5.26 Å². The third-order valence-corrected chi connectivity index (χ3v) is 5.16. The number of methoxy groups -OCH3 is 1. The van der Waals surface area contributed by atoms with Crippen molar-refractivity contribution in [2.24, 2.45) is 0 Å². The van der Waals surface area contributed by atoms with Crippen LogP contribution >= 0.6 is 0 Å². The minimum Gasteiger partial charge on any atom is -0.495 e. The number of ether oxygens (including phenoxy) is 2. The summed E-state index contributed by atoms with van der Waals surface area (Å²) in [4.78, 5) is 16.8. The third-order valence-electron chi connectivity index (χ3n) is 5.16. The molecule has 6 heteroatoms. The molecule has 0 amide bonds. The van der Waals surface area contributed by atoms with Crippen LogP contribution < -0.4 is 10.1 Å². The fourth-order valence-corrected chi connectivity index (χ4v) is 3.68. The Labute approximate surface area is 201 Å². The third kappa shape index (κ3) is 6.82. The summed E-state index contributed by atoms with van der Waals surface area (Å²) in [5.41, 5.74) is 4.78. The monoisotopic (exact) mass is 457 g/mol. The number of nitrogens with one attached hydrogen (secondary N) is 1. The number of pyridine rings is 1. The number of hydrogen-bond acceptors (Lipinski definition) is 6. The maximum atomic E-state index is 12.2. The predicted octanol–water partition coefficient (Wildman–Crippen LogP) is 5.82. The summed E-state index contributed by atoms with van der Waals surface area (Å²) in [7, 11) is 1.53. The van der Waals surface area contributed by atoms with Crippen LogP contribution in [0.15, 0.2) is 54.7 Å². The van der Waals surface area contributed by atoms with Crippen molar-refractivity contribution in [3.8, 4) is 22.9 Å². The lowest BCUT2D eigenvalue weighted by atomic mass is 9.97. The van der Waals surface area contributed by atoms with E-state index in [1.54, 1.807) is 12.3 Å². The standard InChI is InChI=1S/C28H31N3O3/c1-19-7-6-8-20(13-19)17-30-25-11-9-22(18-31-25)23-14-21(27(33-5)24(15-23)16-29)10-12-26(32)34-28(2,3)4/h6-9,11,13-15,18H,10,12,17H2,1-5H3,(H,30,31). The molecule has 34 heavy (non-hydrogen) atoms. The number of carbonyl (C=O) groups is 1. The highest BCUT2D eigenvalue weighted by Gasteiger charge is 2.18. The Morgan fingerprint density at radius 1 is 1.12 bits per heavy atom. The number of nitriles is 1. The van der Waals surface area contributed by atoms with Gasteiger partial charge in [-0.1, -0.05) is 29.8 Å². The van der Waals surface area contributed by atoms with Crippen LogP contribution in [-0.2, 0) is 22.5 Å². The van der Waals surface area contributed by atoms with Crippen molar-refractivity contribution in [1.29, 1.82) is 5.26 Å². The molecule has 6 nitrogen and oxygen atoms in total. The van der Waals surface area contributed by atoms with E-state index in [9.17, 15) is 10.1 Å². The van der Waals surface area contributed by atoms with Gasteiger partial charge in [-0.15, -0.1) is 0 Å². The van der Waals surface area contributed by atoms with E-state index in [0.29, 0.717) is 24.3 Å². The van der Waals surface area contributed by atoms with Crippen molar-refractivity contribution < 1.29 is 14.3 Å². The molecule has 0 aliphatic rings. The van der Waals surface area contributed by atoms with Gasteiger partial charge in [0.05, 0.1) is 12.7 Å². The molecule has 0 saturated carbocycles. The van der Waals surface area contributed by atoms with Crippen molar-refractivity contribution in [2.75, 3.05) is 12.4 Å². The lowest BCUT2D eigenvalue weighted by molar-refractivity contribution is -0.154. The van der Waals surface area contributed by atoms with Gasteiger partial charge in [-0.25, -0.2) is 4.98 Å². The summed E-state index contributed by atoms with van der Waals surface area (Å²) in [5, 5.41) is 13.0. The zero-order valence-corrected chi connectivity index (χ0v) is 20.4. The number of benzene rings is 2. The topological polar surface area (TPSA) is 84.2 Å². The van der Waals surface area contributed by atoms with Crippen molar-refractivity contribution >= 4 is 11.8 Å². The molecular formula is C28H31N3O3. The van der Waals surface area contributed by atoms with Gasteiger partial charge < -0.3 is 14.8 Å². The molecule has 0 bridgehead atoms. The first-order chi connectivity index (χ1) is 16.2. The zero-order chi connectivity index (χ0) is 24.7. The number of rotatable bonds is 8. The quantitative estimate of drug-likeness (QED) is 0.429. The van der Waals surface area contributed by atoms with Crippen LogP contribution in [0.25, 0.3) is 11.1 Å². The Morgan fingerprint density at radius 3 is 2.53 bits per heavy atom. The second-order valence-corrected chi connectivity index (χ2v) is 9.19. The molecule has 1 heterocycles. The first-order valence-corrected chi connectivity index (χ1v) is 11.3. The van der Waals surface area contributed by atoms with Crippen molar-refractivity contribution in [1.82, 2.24) is 4.98 Å². The first kappa shape index (κ1) is 24.8. The van der Waals surface area contributed by atoms with Crippen LogP contribution in [-0.4, -0.2) is 23.7 Å². The molecule has 1 aromatic heterocycles. The van der Waals surface area contributed by atoms with Gasteiger partial charge in [-0.3, -0.25) is 4.79 Å². The Morgan fingerprint density at radius 2 is 1.91 bits per heavy atom. The van der Waals surface area contributed by atoms with Gasteiger partial charge in [0.1, 0.15) is 23.2 Å². The second-order valence-electron chi connectivity index (χ2n) is 9.19. The lowest BCUT2D eigenvalue weighted by Gasteiger charge is -2.20. The Hall–Kier alpha value is -3.85. The fraction of sp³-hybridized carbons (Fsp3) is 0.321. The molecule has 0 atom stereocenters. The van der Waals surface area contributed by atoms with E-state index in [4.69, 9.17) is 9.47 Å². The minimum absolute atomic E-state index is 0.196. The fourth-order valence-electron chi connectivity index (χ4n) is 3.68. The molecule has 0 saturated heterocycles. The molecule has 0 fully saturated rings. The highest BCUT2D eigenvalue weighted by molar-refractivity contribution is 5.72. The van der Waals surface area contributed by atoms with E-state index in [-0.39, 0.29) is 12.4 Å². The maximum absolute atomic E-state index is 12.2. The smallest absolute Gasteiger partial charge is 0.306 e. The molecule has 176 valence electrons. The Kier molecular flexibility index (Phi) is 7.91. The predicted molar refractivity (Wildman–Crippen MR) is 134 cm³/mol. The molecular weight excluding hydrogens is 426 g/mol. The van der Waals surface area contributed by atoms with Crippen LogP contribution in [0.5, 0.6) is 5.75 Å². The highest BCUT2D eigenvalue weighted by atomic mass is 16.6. The summed E-state index contributed by atoms with van der Waals surface area (Å²) in [5.74, 6) is 0.966. The summed E-state index contributed by atoms with van der Waals surface area (Å²) in [6.45, 7) is 8.28. The molecule has 1 N–H and O–H groups in total. The molecule has 2 aromatic carbocycles. The van der Waals surface area contributed by atoms with Crippen molar-refractivity contribution in [3.63, 3.8) is 0 Å². The number of nitrogens with zero attached hydrogens (tertiary/aromatic N) is 2. The van der Waals surface area contributed by atoms with Gasteiger partial charge >= 0.3 is 5.97 Å². The SMILES string of the molecule is COc1c(C#N)cc(-c2ccc(NCc3cccc(C)c3)nc2)cc1CCC(=O)OC(C)(C)C. The van der Waals surface area contributed by atoms with Crippen LogP contribution in [0.2, 0.25) is 0 Å². The normalized spacial score (nSPS) is 10.9. The maximum Gasteiger partial charge on any atom is 0.306 e.